The van der Waals surface area contributed by atoms with Gasteiger partial charge in [0.25, 0.3) is 6.08 Å². The van der Waals surface area contributed by atoms with Crippen molar-refractivity contribution >= 4 is 45.8 Å². The molecule has 2 amide bonds. The van der Waals surface area contributed by atoms with Gasteiger partial charge in [-0.25, -0.2) is 14.8 Å². The third-order valence-corrected chi connectivity index (χ3v) is 11.9. The summed E-state index contributed by atoms with van der Waals surface area (Å²) in [4.78, 5) is 70.0. The maximum atomic E-state index is 13.7. The fourth-order valence-electron chi connectivity index (χ4n) is 8.63. The molecule has 0 aliphatic carbocycles. The van der Waals surface area contributed by atoms with Gasteiger partial charge < -0.3 is 39.1 Å². The predicted molar refractivity (Wildman–Crippen MR) is 219 cm³/mol. The van der Waals surface area contributed by atoms with Crippen LogP contribution in [0.1, 0.15) is 56.8 Å². The summed E-state index contributed by atoms with van der Waals surface area (Å²) in [6, 6.07) is 18.8. The van der Waals surface area contributed by atoms with Gasteiger partial charge in [0.1, 0.15) is 18.2 Å². The lowest BCUT2D eigenvalue weighted by Crippen LogP contribution is -2.40. The summed E-state index contributed by atoms with van der Waals surface area (Å²) in [5.74, 6) is -1.30. The van der Waals surface area contributed by atoms with Crippen molar-refractivity contribution in [1.82, 2.24) is 35.1 Å². The number of nitrogens with one attached hydrogen (secondary N) is 3. The van der Waals surface area contributed by atoms with Crippen LogP contribution in [0.4, 0.5) is 13.6 Å². The smallest absolute Gasteiger partial charge is 0.407 e. The van der Waals surface area contributed by atoms with Crippen molar-refractivity contribution in [1.29, 1.82) is 0 Å². The molecule has 61 heavy (non-hydrogen) atoms. The number of aromatic nitrogens is 4. The van der Waals surface area contributed by atoms with Crippen molar-refractivity contribution in [2.75, 3.05) is 53.6 Å². The van der Waals surface area contributed by atoms with Gasteiger partial charge in [0, 0.05) is 30.9 Å². The summed E-state index contributed by atoms with van der Waals surface area (Å²) >= 11 is 0. The van der Waals surface area contributed by atoms with E-state index < -0.39 is 48.3 Å². The number of hydrogen-bond donors (Lipinski definition) is 3. The molecule has 0 saturated carbocycles. The van der Waals surface area contributed by atoms with E-state index in [0.717, 1.165) is 33.3 Å². The van der Waals surface area contributed by atoms with E-state index >= 15 is 0 Å². The second-order valence-corrected chi connectivity index (χ2v) is 16.1. The topological polar surface area (TPSA) is 181 Å². The summed E-state index contributed by atoms with van der Waals surface area (Å²) in [7, 11) is 2.50. The average molecular weight is 840 g/mol. The number of H-pyrrole nitrogens is 2. The highest BCUT2D eigenvalue weighted by Gasteiger charge is 2.50. The Bertz CT molecular complexity index is 2510. The Morgan fingerprint density at radius 2 is 1.43 bits per heavy atom. The van der Waals surface area contributed by atoms with E-state index in [4.69, 9.17) is 19.2 Å². The molecule has 0 radical (unpaired) electrons. The maximum Gasteiger partial charge on any atom is 0.407 e. The number of benzene rings is 3. The maximum absolute atomic E-state index is 13.7. The molecule has 5 aromatic rings. The normalized spacial score (nSPS) is 19.3. The molecule has 3 unspecified atom stereocenters. The standard InChI is InChI=1S/C44H47F2N7O8/c1-24(2)30(18-39(56)58-3)37(54)22-52-23-44(60-13-14-61-44)19-36(52)42-49-32-12-10-28(16-34(32)51-42)26-7-5-25(6-8-26)27-9-11-31-33(15-27)50-41(48-31)35-17-29(40(45)46)21-53(35)38(55)20-47-43(57)59-4/h5-12,15-16,24,30,35-36H,13-14,17-23H2,1-4H3,(H,47,57)(H,48,50)(H,49,51). The Labute approximate surface area is 349 Å². The molecule has 0 bridgehead atoms. The number of ketones is 1. The minimum Gasteiger partial charge on any atom is -0.469 e. The van der Waals surface area contributed by atoms with Crippen LogP contribution in [0.25, 0.3) is 44.3 Å². The lowest BCUT2D eigenvalue weighted by molar-refractivity contribution is -0.148. The van der Waals surface area contributed by atoms with Gasteiger partial charge in [-0.15, -0.1) is 0 Å². The third-order valence-electron chi connectivity index (χ3n) is 11.9. The Morgan fingerprint density at radius 1 is 0.852 bits per heavy atom. The van der Waals surface area contributed by atoms with Gasteiger partial charge in [-0.3, -0.25) is 19.3 Å². The number of nitrogens with zero attached hydrogens (tertiary/aromatic N) is 4. The van der Waals surface area contributed by atoms with Gasteiger partial charge in [-0.2, -0.15) is 8.78 Å². The first-order valence-electron chi connectivity index (χ1n) is 20.2. The molecule has 17 heteroatoms. The van der Waals surface area contributed by atoms with Gasteiger partial charge in [0.05, 0.1) is 81.1 Å². The molecule has 3 N–H and O–H groups in total. The first kappa shape index (κ1) is 41.7. The number of halogens is 2. The number of rotatable bonds is 12. The van der Waals surface area contributed by atoms with Gasteiger partial charge in [-0.1, -0.05) is 50.2 Å². The van der Waals surface area contributed by atoms with E-state index in [1.165, 1.54) is 19.1 Å². The number of Topliss-reactive ketones (excluding diaryl/α,β-unsaturated/α-hetero) is 1. The average Bonchev–Trinajstić information content (AvgIpc) is 4.11. The molecule has 2 aromatic heterocycles. The van der Waals surface area contributed by atoms with Crippen LogP contribution in [0, 0.1) is 11.8 Å². The Kier molecular flexibility index (Phi) is 11.7. The number of esters is 1. The summed E-state index contributed by atoms with van der Waals surface area (Å²) in [6.07, 6.45) is -2.20. The Balaban J connectivity index is 0.995. The molecule has 3 aliphatic rings. The van der Waals surface area contributed by atoms with E-state index in [9.17, 15) is 28.0 Å². The quantitative estimate of drug-likeness (QED) is 0.118. The number of aromatic amines is 2. The Morgan fingerprint density at radius 3 is 1.97 bits per heavy atom. The highest BCUT2D eigenvalue weighted by Crippen LogP contribution is 2.43. The van der Waals surface area contributed by atoms with Crippen LogP contribution in [-0.4, -0.2) is 113 Å². The van der Waals surface area contributed by atoms with Crippen molar-refractivity contribution in [3.8, 4) is 22.3 Å². The molecule has 3 fully saturated rings. The monoisotopic (exact) mass is 839 g/mol. The number of fused-ring (bicyclic) bond motifs is 2. The number of ether oxygens (including phenoxy) is 4. The zero-order valence-corrected chi connectivity index (χ0v) is 34.3. The van der Waals surface area contributed by atoms with Crippen LogP contribution in [-0.2, 0) is 33.3 Å². The van der Waals surface area contributed by atoms with Crippen LogP contribution in [0.2, 0.25) is 0 Å². The Hall–Kier alpha value is -6.04. The number of methoxy groups -OCH3 is 2. The van der Waals surface area contributed by atoms with Crippen LogP contribution in [0.15, 0.2) is 72.3 Å². The number of hydrogen-bond acceptors (Lipinski definition) is 11. The van der Waals surface area contributed by atoms with Crippen LogP contribution in [0.3, 0.4) is 0 Å². The number of carbonyl (C=O) groups is 4. The van der Waals surface area contributed by atoms with Crippen molar-refractivity contribution in [2.24, 2.45) is 11.8 Å². The van der Waals surface area contributed by atoms with Crippen LogP contribution in [0.5, 0.6) is 0 Å². The van der Waals surface area contributed by atoms with E-state index in [1.807, 2.05) is 79.4 Å². The minimum atomic E-state index is -1.84. The SMILES string of the molecule is COC(=O)CC(C(=O)CN1CC2(CC1c1nc3ccc(-c4ccc(-c5ccc6nc(C7CC(=C(F)F)CN7C(=O)CNC(=O)OC)[nH]c6c5)cc4)cc3[nH]1)OCCO2)C(C)C. The van der Waals surface area contributed by atoms with Crippen molar-refractivity contribution in [2.45, 2.75) is 51.0 Å². The first-order chi connectivity index (χ1) is 29.3. The zero-order valence-electron chi connectivity index (χ0n) is 34.3. The molecule has 3 aromatic carbocycles. The second-order valence-electron chi connectivity index (χ2n) is 16.1. The molecule has 320 valence electrons. The lowest BCUT2D eigenvalue weighted by atomic mass is 9.88. The van der Waals surface area contributed by atoms with E-state index in [1.54, 1.807) is 0 Å². The molecular formula is C44H47F2N7O8. The van der Waals surface area contributed by atoms with Crippen molar-refractivity contribution in [3.63, 3.8) is 0 Å². The number of imidazole rings is 2. The van der Waals surface area contributed by atoms with Crippen LogP contribution >= 0.6 is 0 Å². The predicted octanol–water partition coefficient (Wildman–Crippen LogP) is 6.45. The number of amides is 2. The second kappa shape index (κ2) is 17.1. The van der Waals surface area contributed by atoms with E-state index in [0.29, 0.717) is 48.9 Å². The van der Waals surface area contributed by atoms with E-state index in [-0.39, 0.29) is 49.2 Å². The van der Waals surface area contributed by atoms with Crippen LogP contribution < -0.4 is 5.32 Å². The summed E-state index contributed by atoms with van der Waals surface area (Å²) in [5, 5.41) is 2.32. The third kappa shape index (κ3) is 8.63. The highest BCUT2D eigenvalue weighted by atomic mass is 19.3. The van der Waals surface area contributed by atoms with E-state index in [2.05, 4.69) is 25.0 Å². The lowest BCUT2D eigenvalue weighted by Gasteiger charge is -2.26. The summed E-state index contributed by atoms with van der Waals surface area (Å²) in [6.45, 7) is 4.64. The number of alkyl carbamates (subject to hydrolysis) is 1. The molecule has 15 nitrogen and oxygen atoms in total. The molecule has 3 aliphatic heterocycles. The summed E-state index contributed by atoms with van der Waals surface area (Å²) < 4.78 is 49.0. The van der Waals surface area contributed by atoms with Gasteiger partial charge in [-0.05, 0) is 52.4 Å². The minimum absolute atomic E-state index is 0.0231. The molecule has 3 saturated heterocycles. The fourth-order valence-corrected chi connectivity index (χ4v) is 8.63. The molecular weight excluding hydrogens is 793 g/mol. The molecule has 3 atom stereocenters. The molecule has 8 rings (SSSR count). The zero-order chi connectivity index (χ0) is 43.0. The molecule has 5 heterocycles. The van der Waals surface area contributed by atoms with Crippen molar-refractivity contribution < 1.29 is 46.9 Å². The van der Waals surface area contributed by atoms with Gasteiger partial charge >= 0.3 is 12.1 Å². The number of likely N-dealkylation sites (tertiary alicyclic amines) is 2. The number of carbonyl (C=O) groups excluding carboxylic acids is 4. The molecule has 1 spiro atoms. The first-order valence-corrected chi connectivity index (χ1v) is 20.2. The fraction of sp³-hybridized carbons (Fsp3) is 0.409. The highest BCUT2D eigenvalue weighted by molar-refractivity contribution is 5.88. The largest absolute Gasteiger partial charge is 0.469 e. The van der Waals surface area contributed by atoms with Gasteiger partial charge in [0.15, 0.2) is 11.6 Å². The van der Waals surface area contributed by atoms with Gasteiger partial charge in [0.2, 0.25) is 5.91 Å². The summed E-state index contributed by atoms with van der Waals surface area (Å²) in [5.41, 5.74) is 6.54. The van der Waals surface area contributed by atoms with Crippen molar-refractivity contribution in [3.05, 3.63) is 84.0 Å².